The molecule has 6 nitrogen and oxygen atoms in total. The highest BCUT2D eigenvalue weighted by Crippen LogP contribution is 2.30. The van der Waals surface area contributed by atoms with Gasteiger partial charge in [0.2, 0.25) is 23.2 Å². The third kappa shape index (κ3) is 3.26. The molecule has 2 aromatic rings. The highest BCUT2D eigenvalue weighted by atomic mass is 19.2. The van der Waals surface area contributed by atoms with Gasteiger partial charge in [0.15, 0.2) is 23.1 Å². The SMILES string of the molecule is O=C1C(=NCCN2CCCC2)CC(=O)c2oc(-c3ccc(F)c(F)c3F)nc21. The van der Waals surface area contributed by atoms with Crippen molar-refractivity contribution in [1.29, 1.82) is 0 Å². The fraction of sp³-hybridized carbons (Fsp3) is 0.368. The molecule has 4 rings (SSSR count). The first-order valence-corrected chi connectivity index (χ1v) is 8.94. The van der Waals surface area contributed by atoms with Crippen LogP contribution in [0.15, 0.2) is 21.5 Å². The van der Waals surface area contributed by atoms with E-state index in [9.17, 15) is 22.8 Å². The zero-order valence-electron chi connectivity index (χ0n) is 14.8. The van der Waals surface area contributed by atoms with Crippen molar-refractivity contribution in [3.8, 4) is 11.5 Å². The lowest BCUT2D eigenvalue weighted by Gasteiger charge is -2.13. The van der Waals surface area contributed by atoms with Crippen LogP contribution >= 0.6 is 0 Å². The largest absolute Gasteiger partial charge is 0.432 e. The molecule has 0 radical (unpaired) electrons. The predicted molar refractivity (Wildman–Crippen MR) is 93.1 cm³/mol. The first kappa shape index (κ1) is 18.5. The molecule has 0 spiro atoms. The number of aromatic nitrogens is 1. The average molecular weight is 391 g/mol. The summed E-state index contributed by atoms with van der Waals surface area (Å²) in [5.74, 6) is -6.42. The Kier molecular flexibility index (Phi) is 4.84. The van der Waals surface area contributed by atoms with Gasteiger partial charge >= 0.3 is 0 Å². The first-order chi connectivity index (χ1) is 13.5. The molecule has 0 amide bonds. The maximum Gasteiger partial charge on any atom is 0.230 e. The van der Waals surface area contributed by atoms with Crippen LogP contribution in [-0.4, -0.2) is 53.3 Å². The fourth-order valence-corrected chi connectivity index (χ4v) is 3.38. The normalized spacial score (nSPS) is 18.9. The van der Waals surface area contributed by atoms with Gasteiger partial charge in [0.05, 0.1) is 24.2 Å². The highest BCUT2D eigenvalue weighted by Gasteiger charge is 2.36. The Hall–Kier alpha value is -2.81. The molecule has 146 valence electrons. The van der Waals surface area contributed by atoms with Crippen molar-refractivity contribution in [2.45, 2.75) is 19.3 Å². The first-order valence-electron chi connectivity index (χ1n) is 8.94. The molecular weight excluding hydrogens is 375 g/mol. The van der Waals surface area contributed by atoms with E-state index < -0.39 is 40.5 Å². The number of ketones is 2. The van der Waals surface area contributed by atoms with Crippen molar-refractivity contribution in [3.05, 3.63) is 41.0 Å². The van der Waals surface area contributed by atoms with Crippen LogP contribution in [0.5, 0.6) is 0 Å². The van der Waals surface area contributed by atoms with E-state index in [0.29, 0.717) is 19.2 Å². The molecule has 1 aromatic carbocycles. The van der Waals surface area contributed by atoms with Gasteiger partial charge in [-0.05, 0) is 38.1 Å². The number of oxazole rings is 1. The van der Waals surface area contributed by atoms with Crippen LogP contribution < -0.4 is 0 Å². The van der Waals surface area contributed by atoms with Crippen molar-refractivity contribution in [3.63, 3.8) is 0 Å². The lowest BCUT2D eigenvalue weighted by molar-refractivity contribution is 0.0940. The predicted octanol–water partition coefficient (Wildman–Crippen LogP) is 3.06. The van der Waals surface area contributed by atoms with E-state index in [2.05, 4.69) is 14.9 Å². The molecule has 1 fully saturated rings. The Morgan fingerprint density at radius 2 is 1.86 bits per heavy atom. The third-order valence-electron chi connectivity index (χ3n) is 4.87. The number of nitrogens with zero attached hydrogens (tertiary/aromatic N) is 3. The fourth-order valence-electron chi connectivity index (χ4n) is 3.38. The van der Waals surface area contributed by atoms with Crippen LogP contribution in [0.4, 0.5) is 13.2 Å². The number of fused-ring (bicyclic) bond motifs is 1. The van der Waals surface area contributed by atoms with Gasteiger partial charge in [-0.3, -0.25) is 14.6 Å². The van der Waals surface area contributed by atoms with Crippen molar-refractivity contribution in [2.75, 3.05) is 26.2 Å². The van der Waals surface area contributed by atoms with Crippen LogP contribution in [0.1, 0.15) is 40.3 Å². The van der Waals surface area contributed by atoms with Crippen LogP contribution in [0, 0.1) is 17.5 Å². The van der Waals surface area contributed by atoms with Crippen molar-refractivity contribution >= 4 is 17.3 Å². The van der Waals surface area contributed by atoms with Gasteiger partial charge in [0.1, 0.15) is 0 Å². The van der Waals surface area contributed by atoms with Crippen molar-refractivity contribution < 1.29 is 27.2 Å². The maximum absolute atomic E-state index is 14.0. The topological polar surface area (TPSA) is 75.8 Å². The van der Waals surface area contributed by atoms with Crippen LogP contribution in [-0.2, 0) is 0 Å². The molecule has 0 unspecified atom stereocenters. The van der Waals surface area contributed by atoms with E-state index in [4.69, 9.17) is 4.42 Å². The van der Waals surface area contributed by atoms with E-state index in [1.165, 1.54) is 0 Å². The van der Waals surface area contributed by atoms with Gasteiger partial charge in [-0.1, -0.05) is 0 Å². The minimum Gasteiger partial charge on any atom is -0.432 e. The monoisotopic (exact) mass is 391 g/mol. The molecule has 28 heavy (non-hydrogen) atoms. The molecule has 1 aromatic heterocycles. The number of hydrogen-bond donors (Lipinski definition) is 0. The number of carbonyl (C=O) groups excluding carboxylic acids is 2. The van der Waals surface area contributed by atoms with E-state index in [1.54, 1.807) is 0 Å². The van der Waals surface area contributed by atoms with E-state index in [1.807, 2.05) is 0 Å². The molecule has 0 atom stereocenters. The number of Topliss-reactive ketones (excluding diaryl/α,β-unsaturated/α-hetero) is 2. The Balaban J connectivity index is 1.60. The van der Waals surface area contributed by atoms with Crippen LogP contribution in [0.25, 0.3) is 11.5 Å². The summed E-state index contributed by atoms with van der Waals surface area (Å²) in [6, 6.07) is 1.65. The molecular formula is C19H16F3N3O3. The Morgan fingerprint density at radius 1 is 1.11 bits per heavy atom. The molecule has 2 heterocycles. The van der Waals surface area contributed by atoms with Gasteiger partial charge in [-0.25, -0.2) is 18.2 Å². The lowest BCUT2D eigenvalue weighted by Crippen LogP contribution is -2.28. The summed E-state index contributed by atoms with van der Waals surface area (Å²) in [6.07, 6.45) is 2.04. The summed E-state index contributed by atoms with van der Waals surface area (Å²) in [5, 5.41) is 0. The summed E-state index contributed by atoms with van der Waals surface area (Å²) in [5.41, 5.74) is -0.681. The second kappa shape index (κ2) is 7.31. The number of likely N-dealkylation sites (tertiary alicyclic amines) is 1. The second-order valence-corrected chi connectivity index (χ2v) is 6.73. The van der Waals surface area contributed by atoms with Gasteiger partial charge in [0.25, 0.3) is 0 Å². The summed E-state index contributed by atoms with van der Waals surface area (Å²) >= 11 is 0. The zero-order chi connectivity index (χ0) is 19.8. The number of benzene rings is 1. The molecule has 1 aliphatic heterocycles. The van der Waals surface area contributed by atoms with E-state index >= 15 is 0 Å². The van der Waals surface area contributed by atoms with Gasteiger partial charge < -0.3 is 9.32 Å². The Bertz CT molecular complexity index is 994. The smallest absolute Gasteiger partial charge is 0.230 e. The summed E-state index contributed by atoms with van der Waals surface area (Å²) in [6.45, 7) is 3.07. The van der Waals surface area contributed by atoms with Crippen LogP contribution in [0.2, 0.25) is 0 Å². The minimum absolute atomic E-state index is 0.0716. The van der Waals surface area contributed by atoms with Gasteiger partial charge in [-0.15, -0.1) is 0 Å². The molecule has 9 heteroatoms. The van der Waals surface area contributed by atoms with Gasteiger partial charge in [0, 0.05) is 6.54 Å². The Labute approximate surface area is 158 Å². The molecule has 0 bridgehead atoms. The summed E-state index contributed by atoms with van der Waals surface area (Å²) in [7, 11) is 0. The number of rotatable bonds is 4. The van der Waals surface area contributed by atoms with Crippen LogP contribution in [0.3, 0.4) is 0 Å². The molecule has 1 saturated heterocycles. The standard InChI is InChI=1S/C19H16F3N3O3/c20-11-4-3-10(14(21)15(11)22)19-24-16-17(27)12(9-13(26)18(16)28-19)23-5-8-25-6-1-2-7-25/h3-4H,1-2,5-9H2. The van der Waals surface area contributed by atoms with Crippen molar-refractivity contribution in [1.82, 2.24) is 9.88 Å². The van der Waals surface area contributed by atoms with Crippen molar-refractivity contribution in [2.24, 2.45) is 4.99 Å². The van der Waals surface area contributed by atoms with Gasteiger partial charge in [-0.2, -0.15) is 0 Å². The number of halogens is 3. The molecule has 0 N–H and O–H groups in total. The number of carbonyl (C=O) groups is 2. The summed E-state index contributed by atoms with van der Waals surface area (Å²) < 4.78 is 45.8. The summed E-state index contributed by atoms with van der Waals surface area (Å²) in [4.78, 5) is 35.2. The Morgan fingerprint density at radius 3 is 2.61 bits per heavy atom. The van der Waals surface area contributed by atoms with E-state index in [-0.39, 0.29) is 23.6 Å². The highest BCUT2D eigenvalue weighted by molar-refractivity contribution is 6.52. The number of aliphatic imine (C=N–C) groups is 1. The number of hydrogen-bond acceptors (Lipinski definition) is 6. The van der Waals surface area contributed by atoms with E-state index in [0.717, 1.165) is 32.0 Å². The third-order valence-corrected chi connectivity index (χ3v) is 4.87. The molecule has 1 aliphatic carbocycles. The lowest BCUT2D eigenvalue weighted by atomic mass is 9.97. The average Bonchev–Trinajstić information content (AvgIpc) is 3.34. The molecule has 2 aliphatic rings. The quantitative estimate of drug-likeness (QED) is 0.749. The maximum atomic E-state index is 14.0. The molecule has 0 saturated carbocycles. The zero-order valence-corrected chi connectivity index (χ0v) is 14.8. The minimum atomic E-state index is -1.68. The second-order valence-electron chi connectivity index (χ2n) is 6.73.